The van der Waals surface area contributed by atoms with Gasteiger partial charge in [-0.05, 0) is 56.3 Å². The second kappa shape index (κ2) is 13.8. The van der Waals surface area contributed by atoms with Crippen molar-refractivity contribution in [2.24, 2.45) is 35.0 Å². The lowest BCUT2D eigenvalue weighted by molar-refractivity contribution is -0.276. The predicted octanol–water partition coefficient (Wildman–Crippen LogP) is 2.13. The average molecular weight is 376 g/mol. The summed E-state index contributed by atoms with van der Waals surface area (Å²) >= 11 is 0. The van der Waals surface area contributed by atoms with E-state index in [9.17, 15) is 0 Å². The minimum absolute atomic E-state index is 0.0902. The number of hydrogen-bond acceptors (Lipinski definition) is 7. The minimum Gasteiger partial charge on any atom is -0.328 e. The van der Waals surface area contributed by atoms with Crippen LogP contribution in [0.25, 0.3) is 0 Å². The van der Waals surface area contributed by atoms with E-state index in [0.29, 0.717) is 31.1 Å². The Bertz CT molecular complexity index is 301. The lowest BCUT2D eigenvalue weighted by atomic mass is 9.80. The van der Waals surface area contributed by atoms with Crippen molar-refractivity contribution < 1.29 is 19.6 Å². The molecule has 7 nitrogen and oxygen atoms in total. The van der Waals surface area contributed by atoms with Crippen molar-refractivity contribution >= 4 is 0 Å². The lowest BCUT2D eigenvalue weighted by Crippen LogP contribution is -2.39. The van der Waals surface area contributed by atoms with E-state index in [0.717, 1.165) is 31.6 Å². The molecule has 0 aliphatic heterocycles. The highest BCUT2D eigenvalue weighted by atomic mass is 17.2. The first-order valence-electron chi connectivity index (χ1n) is 10.1. The molecule has 0 amide bonds. The molecular formula is C19H41N3O4. The first-order chi connectivity index (χ1) is 12.5. The molecule has 156 valence electrons. The van der Waals surface area contributed by atoms with Gasteiger partial charge in [-0.15, -0.1) is 0 Å². The zero-order valence-corrected chi connectivity index (χ0v) is 16.9. The lowest BCUT2D eigenvalue weighted by Gasteiger charge is -2.29. The van der Waals surface area contributed by atoms with Crippen LogP contribution in [0, 0.1) is 17.8 Å². The average Bonchev–Trinajstić information content (AvgIpc) is 2.66. The van der Waals surface area contributed by atoms with Crippen LogP contribution in [0.4, 0.5) is 0 Å². The van der Waals surface area contributed by atoms with E-state index in [1.54, 1.807) is 0 Å². The third-order valence-electron chi connectivity index (χ3n) is 5.84. The second-order valence-corrected chi connectivity index (χ2v) is 7.92. The Labute approximate surface area is 159 Å². The van der Waals surface area contributed by atoms with Crippen LogP contribution < -0.4 is 17.2 Å². The standard InChI is InChI=1S/C10H21NO2.C9H20N2O2/c1-8-3-5-9(6-4-8)10(11)7-13-12-2;1-12-13-6-9(11)7-2-4-8(10)5-3-7/h8-10H,3-7,11H2,1-2H3;7-9H,2-6,10-11H2,1H3. The Morgan fingerprint density at radius 2 is 1.12 bits per heavy atom. The van der Waals surface area contributed by atoms with Crippen LogP contribution in [0.3, 0.4) is 0 Å². The van der Waals surface area contributed by atoms with Crippen LogP contribution in [0.2, 0.25) is 0 Å². The molecule has 0 aromatic heterocycles. The third-order valence-corrected chi connectivity index (χ3v) is 5.84. The monoisotopic (exact) mass is 375 g/mol. The van der Waals surface area contributed by atoms with E-state index in [2.05, 4.69) is 16.7 Å². The molecule has 0 saturated heterocycles. The normalized spacial score (nSPS) is 31.6. The van der Waals surface area contributed by atoms with Crippen molar-refractivity contribution in [1.29, 1.82) is 0 Å². The van der Waals surface area contributed by atoms with E-state index in [1.165, 1.54) is 39.9 Å². The van der Waals surface area contributed by atoms with Gasteiger partial charge in [0.2, 0.25) is 0 Å². The fraction of sp³-hybridized carbons (Fsp3) is 1.00. The van der Waals surface area contributed by atoms with Crippen LogP contribution in [0.1, 0.15) is 58.3 Å². The van der Waals surface area contributed by atoms with Gasteiger partial charge in [0.15, 0.2) is 0 Å². The first-order valence-corrected chi connectivity index (χ1v) is 10.1. The van der Waals surface area contributed by atoms with Crippen molar-refractivity contribution in [3.05, 3.63) is 0 Å². The largest absolute Gasteiger partial charge is 0.328 e. The van der Waals surface area contributed by atoms with Gasteiger partial charge in [-0.1, -0.05) is 19.8 Å². The molecule has 2 fully saturated rings. The molecule has 2 atom stereocenters. The fourth-order valence-electron chi connectivity index (χ4n) is 3.85. The quantitative estimate of drug-likeness (QED) is 0.440. The van der Waals surface area contributed by atoms with Gasteiger partial charge in [-0.3, -0.25) is 0 Å². The molecule has 7 heteroatoms. The van der Waals surface area contributed by atoms with Crippen LogP contribution >= 0.6 is 0 Å². The molecular weight excluding hydrogens is 334 g/mol. The molecule has 0 bridgehead atoms. The van der Waals surface area contributed by atoms with Crippen molar-refractivity contribution in [3.8, 4) is 0 Å². The molecule has 0 aromatic rings. The van der Waals surface area contributed by atoms with Gasteiger partial charge in [-0.2, -0.15) is 0 Å². The topological polar surface area (TPSA) is 115 Å². The third kappa shape index (κ3) is 9.60. The summed E-state index contributed by atoms with van der Waals surface area (Å²) < 4.78 is 0. The van der Waals surface area contributed by atoms with Gasteiger partial charge in [0.1, 0.15) is 0 Å². The van der Waals surface area contributed by atoms with Crippen LogP contribution in [0.5, 0.6) is 0 Å². The number of hydrogen-bond donors (Lipinski definition) is 3. The molecule has 0 radical (unpaired) electrons. The van der Waals surface area contributed by atoms with Crippen LogP contribution in [0.15, 0.2) is 0 Å². The highest BCUT2D eigenvalue weighted by molar-refractivity contribution is 4.80. The Kier molecular flexibility index (Phi) is 12.6. The maximum Gasteiger partial charge on any atom is 0.0975 e. The summed E-state index contributed by atoms with van der Waals surface area (Å²) in [6.07, 6.45) is 9.53. The molecule has 26 heavy (non-hydrogen) atoms. The summed E-state index contributed by atoms with van der Waals surface area (Å²) in [5, 5.41) is 0. The highest BCUT2D eigenvalue weighted by Gasteiger charge is 2.24. The van der Waals surface area contributed by atoms with Gasteiger partial charge < -0.3 is 17.2 Å². The summed E-state index contributed by atoms with van der Waals surface area (Å²) in [4.78, 5) is 18.7. The Hall–Kier alpha value is -0.280. The summed E-state index contributed by atoms with van der Waals surface area (Å²) in [7, 11) is 3.03. The van der Waals surface area contributed by atoms with Crippen LogP contribution in [-0.4, -0.2) is 45.6 Å². The van der Waals surface area contributed by atoms with Gasteiger partial charge in [0.05, 0.1) is 27.4 Å². The van der Waals surface area contributed by atoms with Crippen molar-refractivity contribution in [2.75, 3.05) is 27.4 Å². The van der Waals surface area contributed by atoms with Crippen molar-refractivity contribution in [1.82, 2.24) is 0 Å². The maximum atomic E-state index is 5.97. The Morgan fingerprint density at radius 1 is 0.731 bits per heavy atom. The summed E-state index contributed by atoms with van der Waals surface area (Å²) in [5.41, 5.74) is 17.7. The zero-order valence-electron chi connectivity index (χ0n) is 16.9. The summed E-state index contributed by atoms with van der Waals surface area (Å²) in [5.74, 6) is 2.06. The predicted molar refractivity (Wildman–Crippen MR) is 103 cm³/mol. The van der Waals surface area contributed by atoms with E-state index < -0.39 is 0 Å². The molecule has 2 rings (SSSR count). The first kappa shape index (κ1) is 23.8. The number of nitrogens with two attached hydrogens (primary N) is 3. The second-order valence-electron chi connectivity index (χ2n) is 7.92. The minimum atomic E-state index is 0.0902. The van der Waals surface area contributed by atoms with Crippen LogP contribution in [-0.2, 0) is 19.6 Å². The van der Waals surface area contributed by atoms with E-state index in [1.807, 2.05) is 0 Å². The Morgan fingerprint density at radius 3 is 1.50 bits per heavy atom. The zero-order chi connectivity index (χ0) is 19.4. The number of rotatable bonds is 8. The SMILES string of the molecule is COOCC(N)C1CCC(C)CC1.COOCC(N)C1CCC(N)CC1. The van der Waals surface area contributed by atoms with Gasteiger partial charge in [0, 0.05) is 18.1 Å². The molecule has 0 aromatic carbocycles. The van der Waals surface area contributed by atoms with E-state index >= 15 is 0 Å². The smallest absolute Gasteiger partial charge is 0.0975 e. The molecule has 2 aliphatic rings. The summed E-state index contributed by atoms with van der Waals surface area (Å²) in [6.45, 7) is 3.32. The summed E-state index contributed by atoms with van der Waals surface area (Å²) in [6, 6.07) is 0.617. The van der Waals surface area contributed by atoms with Crippen molar-refractivity contribution in [3.63, 3.8) is 0 Å². The molecule has 0 heterocycles. The van der Waals surface area contributed by atoms with Gasteiger partial charge in [-0.25, -0.2) is 19.6 Å². The fourth-order valence-corrected chi connectivity index (χ4v) is 3.85. The molecule has 0 spiro atoms. The van der Waals surface area contributed by atoms with Gasteiger partial charge >= 0.3 is 0 Å². The van der Waals surface area contributed by atoms with E-state index in [4.69, 9.17) is 27.0 Å². The molecule has 6 N–H and O–H groups in total. The van der Waals surface area contributed by atoms with Crippen molar-refractivity contribution in [2.45, 2.75) is 76.4 Å². The van der Waals surface area contributed by atoms with E-state index in [-0.39, 0.29) is 12.1 Å². The molecule has 2 saturated carbocycles. The Balaban J connectivity index is 0.000000260. The molecule has 2 unspecified atom stereocenters. The van der Waals surface area contributed by atoms with Gasteiger partial charge in [0.25, 0.3) is 0 Å². The highest BCUT2D eigenvalue weighted by Crippen LogP contribution is 2.29. The maximum absolute atomic E-state index is 5.97. The molecule has 2 aliphatic carbocycles.